The van der Waals surface area contributed by atoms with E-state index in [9.17, 15) is 0 Å². The molecule has 2 N–H and O–H groups in total. The van der Waals surface area contributed by atoms with E-state index >= 15 is 0 Å². The average molecular weight is 160 g/mol. The molecule has 0 aromatic rings. The fourth-order valence-corrected chi connectivity index (χ4v) is 1.64. The van der Waals surface area contributed by atoms with Gasteiger partial charge in [-0.2, -0.15) is 0 Å². The van der Waals surface area contributed by atoms with Gasteiger partial charge in [0.25, 0.3) is 0 Å². The molecule has 3 atom stereocenters. The highest BCUT2D eigenvalue weighted by molar-refractivity contribution is 4.74. The Morgan fingerprint density at radius 2 is 2.00 bits per heavy atom. The third-order valence-corrected chi connectivity index (χ3v) is 2.15. The maximum Gasteiger partial charge on any atom is 0.0812 e. The summed E-state index contributed by atoms with van der Waals surface area (Å²) in [7, 11) is 0. The SMILES string of the molecule is CC1C[C@@H](CO)C[C@@H](CO)O1. The summed E-state index contributed by atoms with van der Waals surface area (Å²) < 4.78 is 5.41. The Bertz CT molecular complexity index is 104. The molecule has 1 aliphatic rings. The van der Waals surface area contributed by atoms with E-state index in [2.05, 4.69) is 0 Å². The predicted octanol–water partition coefficient (Wildman–Crippen LogP) is 0.155. The van der Waals surface area contributed by atoms with Gasteiger partial charge in [0.15, 0.2) is 0 Å². The predicted molar refractivity (Wildman–Crippen MR) is 41.2 cm³/mol. The molecule has 1 aliphatic heterocycles. The zero-order valence-electron chi connectivity index (χ0n) is 6.86. The van der Waals surface area contributed by atoms with Crippen LogP contribution in [0.1, 0.15) is 19.8 Å². The van der Waals surface area contributed by atoms with Crippen molar-refractivity contribution in [1.29, 1.82) is 0 Å². The number of rotatable bonds is 2. The van der Waals surface area contributed by atoms with Gasteiger partial charge < -0.3 is 14.9 Å². The summed E-state index contributed by atoms with van der Waals surface area (Å²) in [5.41, 5.74) is 0. The van der Waals surface area contributed by atoms with Crippen LogP contribution < -0.4 is 0 Å². The second-order valence-corrected chi connectivity index (χ2v) is 3.27. The van der Waals surface area contributed by atoms with Crippen LogP contribution in [0.5, 0.6) is 0 Å². The fraction of sp³-hybridized carbons (Fsp3) is 1.00. The molecule has 1 heterocycles. The van der Waals surface area contributed by atoms with E-state index in [0.29, 0.717) is 5.92 Å². The lowest BCUT2D eigenvalue weighted by atomic mass is 9.93. The van der Waals surface area contributed by atoms with Crippen LogP contribution in [0.4, 0.5) is 0 Å². The van der Waals surface area contributed by atoms with Crippen LogP contribution in [-0.2, 0) is 4.74 Å². The molecule has 3 nitrogen and oxygen atoms in total. The molecule has 0 aliphatic carbocycles. The molecule has 1 saturated heterocycles. The molecule has 0 bridgehead atoms. The fourth-order valence-electron chi connectivity index (χ4n) is 1.64. The van der Waals surface area contributed by atoms with Crippen molar-refractivity contribution in [3.8, 4) is 0 Å². The molecule has 1 fully saturated rings. The van der Waals surface area contributed by atoms with Crippen LogP contribution in [0.15, 0.2) is 0 Å². The minimum absolute atomic E-state index is 0.0594. The summed E-state index contributed by atoms with van der Waals surface area (Å²) in [6, 6.07) is 0. The molecule has 1 unspecified atom stereocenters. The first-order valence-corrected chi connectivity index (χ1v) is 4.13. The topological polar surface area (TPSA) is 49.7 Å². The first-order valence-electron chi connectivity index (χ1n) is 4.13. The lowest BCUT2D eigenvalue weighted by Crippen LogP contribution is -2.34. The molecule has 0 aromatic carbocycles. The van der Waals surface area contributed by atoms with E-state index in [1.54, 1.807) is 0 Å². The van der Waals surface area contributed by atoms with Gasteiger partial charge in [0.05, 0.1) is 18.8 Å². The largest absolute Gasteiger partial charge is 0.396 e. The van der Waals surface area contributed by atoms with Gasteiger partial charge >= 0.3 is 0 Å². The van der Waals surface area contributed by atoms with Crippen molar-refractivity contribution >= 4 is 0 Å². The molecule has 66 valence electrons. The molecule has 11 heavy (non-hydrogen) atoms. The molecule has 0 amide bonds. The smallest absolute Gasteiger partial charge is 0.0812 e. The Morgan fingerprint density at radius 1 is 1.27 bits per heavy atom. The number of aliphatic hydroxyl groups excluding tert-OH is 2. The molecular formula is C8H16O3. The third kappa shape index (κ3) is 2.43. The minimum atomic E-state index is -0.0594. The lowest BCUT2D eigenvalue weighted by molar-refractivity contribution is -0.0895. The first-order chi connectivity index (χ1) is 5.26. The zero-order chi connectivity index (χ0) is 8.27. The van der Waals surface area contributed by atoms with E-state index < -0.39 is 0 Å². The van der Waals surface area contributed by atoms with Gasteiger partial charge in [-0.15, -0.1) is 0 Å². The number of hydrogen-bond acceptors (Lipinski definition) is 3. The quantitative estimate of drug-likeness (QED) is 0.604. The average Bonchev–Trinajstić information content (AvgIpc) is 2.03. The zero-order valence-corrected chi connectivity index (χ0v) is 6.86. The minimum Gasteiger partial charge on any atom is -0.396 e. The molecular weight excluding hydrogens is 144 g/mol. The van der Waals surface area contributed by atoms with Gasteiger partial charge in [0.1, 0.15) is 0 Å². The van der Waals surface area contributed by atoms with Crippen molar-refractivity contribution in [3.63, 3.8) is 0 Å². The third-order valence-electron chi connectivity index (χ3n) is 2.15. The molecule has 0 spiro atoms. The number of ether oxygens (including phenoxy) is 1. The van der Waals surface area contributed by atoms with Gasteiger partial charge in [-0.05, 0) is 25.7 Å². The van der Waals surface area contributed by atoms with Gasteiger partial charge in [-0.25, -0.2) is 0 Å². The van der Waals surface area contributed by atoms with Gasteiger partial charge in [-0.1, -0.05) is 0 Å². The van der Waals surface area contributed by atoms with Gasteiger partial charge in [0, 0.05) is 6.61 Å². The van der Waals surface area contributed by atoms with Crippen LogP contribution in [0, 0.1) is 5.92 Å². The summed E-state index contributed by atoms with van der Waals surface area (Å²) in [5, 5.41) is 17.7. The monoisotopic (exact) mass is 160 g/mol. The van der Waals surface area contributed by atoms with E-state index in [4.69, 9.17) is 14.9 Å². The molecule has 0 saturated carbocycles. The highest BCUT2D eigenvalue weighted by atomic mass is 16.5. The highest BCUT2D eigenvalue weighted by Gasteiger charge is 2.25. The van der Waals surface area contributed by atoms with E-state index in [0.717, 1.165) is 12.8 Å². The highest BCUT2D eigenvalue weighted by Crippen LogP contribution is 2.23. The summed E-state index contributed by atoms with van der Waals surface area (Å²) in [6.45, 7) is 2.26. The lowest BCUT2D eigenvalue weighted by Gasteiger charge is -2.31. The van der Waals surface area contributed by atoms with E-state index in [1.807, 2.05) is 6.92 Å². The standard InChI is InChI=1S/C8H16O3/c1-6-2-7(4-9)3-8(5-10)11-6/h6-10H,2-5H2,1H3/t6?,7-,8+/m1/s1. The molecule has 0 radical (unpaired) electrons. The van der Waals surface area contributed by atoms with Crippen molar-refractivity contribution in [3.05, 3.63) is 0 Å². The van der Waals surface area contributed by atoms with Crippen molar-refractivity contribution in [2.75, 3.05) is 13.2 Å². The maximum absolute atomic E-state index is 8.88. The van der Waals surface area contributed by atoms with Crippen molar-refractivity contribution < 1.29 is 14.9 Å². The molecule has 3 heteroatoms. The van der Waals surface area contributed by atoms with Crippen LogP contribution in [0.3, 0.4) is 0 Å². The Hall–Kier alpha value is -0.120. The Labute approximate surface area is 67.0 Å². The second-order valence-electron chi connectivity index (χ2n) is 3.27. The van der Waals surface area contributed by atoms with Crippen LogP contribution in [-0.4, -0.2) is 35.6 Å². The number of hydrogen-bond donors (Lipinski definition) is 2. The molecule has 0 aromatic heterocycles. The van der Waals surface area contributed by atoms with Crippen LogP contribution in [0.2, 0.25) is 0 Å². The van der Waals surface area contributed by atoms with E-state index in [-0.39, 0.29) is 25.4 Å². The summed E-state index contributed by atoms with van der Waals surface area (Å²) in [5.74, 6) is 0.316. The summed E-state index contributed by atoms with van der Waals surface area (Å²) in [6.07, 6.45) is 1.82. The van der Waals surface area contributed by atoms with Crippen LogP contribution >= 0.6 is 0 Å². The normalized spacial score (nSPS) is 39.0. The Morgan fingerprint density at radius 3 is 2.55 bits per heavy atom. The van der Waals surface area contributed by atoms with Gasteiger partial charge in [-0.3, -0.25) is 0 Å². The second kappa shape index (κ2) is 4.04. The maximum atomic E-state index is 8.88. The van der Waals surface area contributed by atoms with Crippen molar-refractivity contribution in [2.45, 2.75) is 32.0 Å². The van der Waals surface area contributed by atoms with Gasteiger partial charge in [0.2, 0.25) is 0 Å². The van der Waals surface area contributed by atoms with Crippen molar-refractivity contribution in [1.82, 2.24) is 0 Å². The summed E-state index contributed by atoms with van der Waals surface area (Å²) in [4.78, 5) is 0. The van der Waals surface area contributed by atoms with E-state index in [1.165, 1.54) is 0 Å². The summed E-state index contributed by atoms with van der Waals surface area (Å²) >= 11 is 0. The van der Waals surface area contributed by atoms with Crippen LogP contribution in [0.25, 0.3) is 0 Å². The van der Waals surface area contributed by atoms with Crippen molar-refractivity contribution in [2.24, 2.45) is 5.92 Å². The first kappa shape index (κ1) is 8.97. The molecule has 1 rings (SSSR count). The Kier molecular flexibility index (Phi) is 3.30. The Balaban J connectivity index is 2.37. The number of aliphatic hydroxyl groups is 2.